The van der Waals surface area contributed by atoms with Crippen molar-refractivity contribution in [3.05, 3.63) is 35.4 Å². The lowest BCUT2D eigenvalue weighted by Crippen LogP contribution is -2.28. The number of ether oxygens (including phenoxy) is 1. The van der Waals surface area contributed by atoms with E-state index in [1.165, 1.54) is 36.8 Å². The highest BCUT2D eigenvalue weighted by Gasteiger charge is 2.20. The van der Waals surface area contributed by atoms with Crippen molar-refractivity contribution < 1.29 is 4.74 Å². The summed E-state index contributed by atoms with van der Waals surface area (Å²) in [5.41, 5.74) is 2.90. The van der Waals surface area contributed by atoms with E-state index in [1.54, 1.807) is 0 Å². The molecule has 0 amide bonds. The molecular formula is C17H27NO. The minimum absolute atomic E-state index is 0.323. The van der Waals surface area contributed by atoms with Crippen LogP contribution in [0.5, 0.6) is 0 Å². The molecule has 2 nitrogen and oxygen atoms in total. The van der Waals surface area contributed by atoms with Crippen LogP contribution in [0.3, 0.4) is 0 Å². The first-order valence-electron chi connectivity index (χ1n) is 7.74. The molecule has 2 heteroatoms. The van der Waals surface area contributed by atoms with E-state index in [0.717, 1.165) is 19.6 Å². The average Bonchev–Trinajstić information content (AvgIpc) is 2.45. The third-order valence-corrected chi connectivity index (χ3v) is 3.93. The van der Waals surface area contributed by atoms with Crippen molar-refractivity contribution in [1.82, 2.24) is 5.32 Å². The molecule has 0 saturated carbocycles. The lowest BCUT2D eigenvalue weighted by Gasteiger charge is -2.26. The van der Waals surface area contributed by atoms with Gasteiger partial charge in [-0.05, 0) is 56.7 Å². The number of hydrogen-bond donors (Lipinski definition) is 1. The fourth-order valence-electron chi connectivity index (χ4n) is 2.76. The standard InChI is InChI=1S/C17H27NO/c1-3-12-18-14(2)11-13-19-17-10-6-8-15-7-4-5-9-16(15)17/h4-5,7,9,14,17-18H,3,6,8,10-13H2,1-2H3. The van der Waals surface area contributed by atoms with Gasteiger partial charge < -0.3 is 10.1 Å². The predicted octanol–water partition coefficient (Wildman–Crippen LogP) is 3.86. The second-order valence-corrected chi connectivity index (χ2v) is 5.59. The van der Waals surface area contributed by atoms with Crippen molar-refractivity contribution >= 4 is 0 Å². The molecule has 0 spiro atoms. The second kappa shape index (κ2) is 7.66. The van der Waals surface area contributed by atoms with Crippen molar-refractivity contribution in [3.8, 4) is 0 Å². The summed E-state index contributed by atoms with van der Waals surface area (Å²) in [5, 5.41) is 3.51. The molecule has 106 valence electrons. The van der Waals surface area contributed by atoms with E-state index in [0.29, 0.717) is 12.1 Å². The molecule has 19 heavy (non-hydrogen) atoms. The van der Waals surface area contributed by atoms with Gasteiger partial charge in [0.05, 0.1) is 6.10 Å². The van der Waals surface area contributed by atoms with Crippen LogP contribution in [0.15, 0.2) is 24.3 Å². The molecule has 0 radical (unpaired) electrons. The van der Waals surface area contributed by atoms with Gasteiger partial charge >= 0.3 is 0 Å². The van der Waals surface area contributed by atoms with Gasteiger partial charge in [0.2, 0.25) is 0 Å². The van der Waals surface area contributed by atoms with Crippen LogP contribution in [0.25, 0.3) is 0 Å². The molecule has 1 aliphatic carbocycles. The third-order valence-electron chi connectivity index (χ3n) is 3.93. The summed E-state index contributed by atoms with van der Waals surface area (Å²) in [6.07, 6.45) is 6.26. The van der Waals surface area contributed by atoms with Crippen LogP contribution in [0.1, 0.15) is 56.8 Å². The Morgan fingerprint density at radius 1 is 1.37 bits per heavy atom. The zero-order chi connectivity index (χ0) is 13.5. The van der Waals surface area contributed by atoms with E-state index in [2.05, 4.69) is 43.4 Å². The molecule has 2 atom stereocenters. The van der Waals surface area contributed by atoms with Gasteiger partial charge in [0.15, 0.2) is 0 Å². The van der Waals surface area contributed by atoms with Gasteiger partial charge in [-0.1, -0.05) is 31.2 Å². The van der Waals surface area contributed by atoms with Crippen molar-refractivity contribution in [3.63, 3.8) is 0 Å². The molecule has 0 fully saturated rings. The summed E-state index contributed by atoms with van der Waals surface area (Å²) < 4.78 is 6.12. The molecule has 1 aromatic carbocycles. The van der Waals surface area contributed by atoms with Crippen molar-refractivity contribution in [2.45, 2.75) is 58.1 Å². The van der Waals surface area contributed by atoms with Crippen molar-refractivity contribution in [2.75, 3.05) is 13.2 Å². The van der Waals surface area contributed by atoms with E-state index >= 15 is 0 Å². The van der Waals surface area contributed by atoms with E-state index in [9.17, 15) is 0 Å². The molecule has 2 rings (SSSR count). The van der Waals surface area contributed by atoms with Gasteiger partial charge in [0.1, 0.15) is 0 Å². The normalized spacial score (nSPS) is 20.0. The molecule has 0 saturated heterocycles. The molecule has 0 heterocycles. The second-order valence-electron chi connectivity index (χ2n) is 5.59. The third kappa shape index (κ3) is 4.32. The summed E-state index contributed by atoms with van der Waals surface area (Å²) in [6, 6.07) is 9.30. The van der Waals surface area contributed by atoms with Crippen LogP contribution < -0.4 is 5.32 Å². The Kier molecular flexibility index (Phi) is 5.87. The van der Waals surface area contributed by atoms with E-state index in [-0.39, 0.29) is 0 Å². The number of rotatable bonds is 7. The highest BCUT2D eigenvalue weighted by Crippen LogP contribution is 2.32. The van der Waals surface area contributed by atoms with Crippen LogP contribution in [0.2, 0.25) is 0 Å². The number of benzene rings is 1. The summed E-state index contributed by atoms with van der Waals surface area (Å²) in [6.45, 7) is 6.41. The van der Waals surface area contributed by atoms with E-state index in [4.69, 9.17) is 4.74 Å². The number of fused-ring (bicyclic) bond motifs is 1. The fraction of sp³-hybridized carbons (Fsp3) is 0.647. The van der Waals surface area contributed by atoms with Crippen LogP contribution in [0.4, 0.5) is 0 Å². The molecule has 0 aromatic heterocycles. The summed E-state index contributed by atoms with van der Waals surface area (Å²) in [7, 11) is 0. The lowest BCUT2D eigenvalue weighted by atomic mass is 9.89. The van der Waals surface area contributed by atoms with Gasteiger partial charge in [-0.3, -0.25) is 0 Å². The topological polar surface area (TPSA) is 21.3 Å². The van der Waals surface area contributed by atoms with Gasteiger partial charge in [-0.2, -0.15) is 0 Å². The Morgan fingerprint density at radius 2 is 2.21 bits per heavy atom. The summed E-state index contributed by atoms with van der Waals surface area (Å²) in [4.78, 5) is 0. The highest BCUT2D eigenvalue weighted by molar-refractivity contribution is 5.31. The molecule has 0 bridgehead atoms. The molecule has 0 aliphatic heterocycles. The SMILES string of the molecule is CCCNC(C)CCOC1CCCc2ccccc21. The Hall–Kier alpha value is -0.860. The maximum absolute atomic E-state index is 6.12. The smallest absolute Gasteiger partial charge is 0.0827 e. The minimum Gasteiger partial charge on any atom is -0.373 e. The molecule has 2 unspecified atom stereocenters. The molecule has 1 aromatic rings. The van der Waals surface area contributed by atoms with Crippen LogP contribution >= 0.6 is 0 Å². The first-order valence-corrected chi connectivity index (χ1v) is 7.74. The van der Waals surface area contributed by atoms with Gasteiger partial charge in [-0.15, -0.1) is 0 Å². The highest BCUT2D eigenvalue weighted by atomic mass is 16.5. The maximum atomic E-state index is 6.12. The number of nitrogens with one attached hydrogen (secondary N) is 1. The average molecular weight is 261 g/mol. The first-order chi connectivity index (χ1) is 9.31. The summed E-state index contributed by atoms with van der Waals surface area (Å²) in [5.74, 6) is 0. The largest absolute Gasteiger partial charge is 0.373 e. The Labute approximate surface area is 117 Å². The van der Waals surface area contributed by atoms with Crippen LogP contribution in [-0.4, -0.2) is 19.2 Å². The summed E-state index contributed by atoms with van der Waals surface area (Å²) >= 11 is 0. The predicted molar refractivity (Wildman–Crippen MR) is 80.4 cm³/mol. The van der Waals surface area contributed by atoms with Crippen molar-refractivity contribution in [1.29, 1.82) is 0 Å². The quantitative estimate of drug-likeness (QED) is 0.804. The van der Waals surface area contributed by atoms with Crippen molar-refractivity contribution in [2.24, 2.45) is 0 Å². The Balaban J connectivity index is 1.78. The van der Waals surface area contributed by atoms with Gasteiger partial charge in [-0.25, -0.2) is 0 Å². The Bertz CT molecular complexity index is 377. The first kappa shape index (κ1) is 14.5. The number of aryl methyl sites for hydroxylation is 1. The number of hydrogen-bond acceptors (Lipinski definition) is 2. The van der Waals surface area contributed by atoms with Gasteiger partial charge in [0, 0.05) is 12.6 Å². The zero-order valence-electron chi connectivity index (χ0n) is 12.3. The van der Waals surface area contributed by atoms with E-state index < -0.39 is 0 Å². The van der Waals surface area contributed by atoms with E-state index in [1.807, 2.05) is 0 Å². The molecule has 1 N–H and O–H groups in total. The van der Waals surface area contributed by atoms with Gasteiger partial charge in [0.25, 0.3) is 0 Å². The fourth-order valence-corrected chi connectivity index (χ4v) is 2.76. The molecular weight excluding hydrogens is 234 g/mol. The molecule has 1 aliphatic rings. The zero-order valence-corrected chi connectivity index (χ0v) is 12.3. The Morgan fingerprint density at radius 3 is 3.05 bits per heavy atom. The van der Waals surface area contributed by atoms with Crippen LogP contribution in [0, 0.1) is 0 Å². The minimum atomic E-state index is 0.323. The monoisotopic (exact) mass is 261 g/mol. The van der Waals surface area contributed by atoms with Crippen LogP contribution in [-0.2, 0) is 11.2 Å². The lowest BCUT2D eigenvalue weighted by molar-refractivity contribution is 0.0358. The maximum Gasteiger partial charge on any atom is 0.0827 e.